The second kappa shape index (κ2) is 9.71. The van der Waals surface area contributed by atoms with Crippen LogP contribution in [0.5, 0.6) is 0 Å². The maximum absolute atomic E-state index is 11.7. The van der Waals surface area contributed by atoms with Gasteiger partial charge in [-0.05, 0) is 49.3 Å². The minimum Gasteiger partial charge on any atom is -0.352 e. The van der Waals surface area contributed by atoms with Crippen molar-refractivity contribution in [1.82, 2.24) is 15.5 Å². The summed E-state index contributed by atoms with van der Waals surface area (Å²) in [6.07, 6.45) is 1.23. The summed E-state index contributed by atoms with van der Waals surface area (Å²) in [4.78, 5) is 6.79. The standard InChI is InChI=1S/C21H30N4O2S/c1-16-12-17(10-11-20(16)28(5,26)27)13-23-21(22-2)24-14-18-8-6-7-9-19(18)15-25(3)4/h6-12H,13-15H2,1-5H3,(H2,22,23,24). The van der Waals surface area contributed by atoms with Crippen LogP contribution in [-0.2, 0) is 29.5 Å². The van der Waals surface area contributed by atoms with Crippen LogP contribution in [0.4, 0.5) is 0 Å². The van der Waals surface area contributed by atoms with Gasteiger partial charge in [0.15, 0.2) is 15.8 Å². The zero-order valence-electron chi connectivity index (χ0n) is 17.3. The van der Waals surface area contributed by atoms with Crippen LogP contribution in [0.25, 0.3) is 0 Å². The van der Waals surface area contributed by atoms with E-state index in [1.54, 1.807) is 13.1 Å². The molecule has 0 radical (unpaired) electrons. The Morgan fingerprint density at radius 1 is 1.04 bits per heavy atom. The summed E-state index contributed by atoms with van der Waals surface area (Å²) in [6.45, 7) is 3.93. The molecule has 0 unspecified atom stereocenters. The first-order valence-corrected chi connectivity index (χ1v) is 11.1. The van der Waals surface area contributed by atoms with Crippen molar-refractivity contribution < 1.29 is 8.42 Å². The van der Waals surface area contributed by atoms with Crippen LogP contribution in [0.15, 0.2) is 52.4 Å². The second-order valence-corrected chi connectivity index (χ2v) is 9.14. The molecule has 0 aromatic heterocycles. The van der Waals surface area contributed by atoms with E-state index in [1.807, 2.05) is 25.1 Å². The van der Waals surface area contributed by atoms with Gasteiger partial charge in [0.05, 0.1) is 4.90 Å². The molecule has 0 aliphatic heterocycles. The topological polar surface area (TPSA) is 73.8 Å². The number of guanidine groups is 1. The summed E-state index contributed by atoms with van der Waals surface area (Å²) in [6, 6.07) is 13.7. The lowest BCUT2D eigenvalue weighted by molar-refractivity contribution is 0.400. The summed E-state index contributed by atoms with van der Waals surface area (Å²) < 4.78 is 23.5. The molecule has 0 heterocycles. The van der Waals surface area contributed by atoms with Crippen LogP contribution in [0.1, 0.15) is 22.3 Å². The predicted molar refractivity (Wildman–Crippen MR) is 115 cm³/mol. The van der Waals surface area contributed by atoms with E-state index >= 15 is 0 Å². The van der Waals surface area contributed by atoms with E-state index in [9.17, 15) is 8.42 Å². The van der Waals surface area contributed by atoms with E-state index in [0.29, 0.717) is 23.9 Å². The zero-order chi connectivity index (χ0) is 20.7. The second-order valence-electron chi connectivity index (χ2n) is 7.16. The SMILES string of the molecule is CN=C(NCc1ccc(S(C)(=O)=O)c(C)c1)NCc1ccccc1CN(C)C. The molecular weight excluding hydrogens is 372 g/mol. The lowest BCUT2D eigenvalue weighted by Crippen LogP contribution is -2.36. The highest BCUT2D eigenvalue weighted by atomic mass is 32.2. The van der Waals surface area contributed by atoms with E-state index in [4.69, 9.17) is 0 Å². The van der Waals surface area contributed by atoms with Gasteiger partial charge in [-0.15, -0.1) is 0 Å². The molecule has 6 nitrogen and oxygen atoms in total. The number of hydrogen-bond acceptors (Lipinski definition) is 4. The Balaban J connectivity index is 1.98. The van der Waals surface area contributed by atoms with Crippen LogP contribution in [0.3, 0.4) is 0 Å². The number of sulfone groups is 1. The Kier molecular flexibility index (Phi) is 7.60. The Morgan fingerprint density at radius 2 is 1.68 bits per heavy atom. The van der Waals surface area contributed by atoms with Crippen LogP contribution < -0.4 is 10.6 Å². The molecule has 0 bridgehead atoms. The fraction of sp³-hybridized carbons (Fsp3) is 0.381. The minimum absolute atomic E-state index is 0.372. The molecule has 0 saturated heterocycles. The van der Waals surface area contributed by atoms with Gasteiger partial charge in [0.1, 0.15) is 0 Å². The normalized spacial score (nSPS) is 12.3. The lowest BCUT2D eigenvalue weighted by Gasteiger charge is -2.16. The Morgan fingerprint density at radius 3 is 2.25 bits per heavy atom. The molecule has 0 saturated carbocycles. The minimum atomic E-state index is -3.20. The molecule has 0 amide bonds. The molecule has 2 rings (SSSR count). The molecule has 0 spiro atoms. The van der Waals surface area contributed by atoms with Crippen LogP contribution in [-0.4, -0.2) is 46.7 Å². The quantitative estimate of drug-likeness (QED) is 0.549. The van der Waals surface area contributed by atoms with Crippen molar-refractivity contribution in [3.63, 3.8) is 0 Å². The van der Waals surface area contributed by atoms with Gasteiger partial charge in [0, 0.05) is 32.9 Å². The first-order chi connectivity index (χ1) is 13.2. The predicted octanol–water partition coefficient (Wildman–Crippen LogP) is 2.33. The van der Waals surface area contributed by atoms with Crippen LogP contribution in [0, 0.1) is 6.92 Å². The van der Waals surface area contributed by atoms with Crippen molar-refractivity contribution >= 4 is 15.8 Å². The fourth-order valence-electron chi connectivity index (χ4n) is 3.05. The van der Waals surface area contributed by atoms with Crippen molar-refractivity contribution in [2.45, 2.75) is 31.5 Å². The van der Waals surface area contributed by atoms with Crippen LogP contribution in [0.2, 0.25) is 0 Å². The highest BCUT2D eigenvalue weighted by molar-refractivity contribution is 7.90. The van der Waals surface area contributed by atoms with Crippen molar-refractivity contribution in [3.8, 4) is 0 Å². The first kappa shape index (κ1) is 21.9. The lowest BCUT2D eigenvalue weighted by atomic mass is 10.1. The number of benzene rings is 2. The Hall–Kier alpha value is -2.38. The van der Waals surface area contributed by atoms with Gasteiger partial charge in [-0.2, -0.15) is 0 Å². The third kappa shape index (κ3) is 6.35. The van der Waals surface area contributed by atoms with Gasteiger partial charge in [-0.25, -0.2) is 8.42 Å². The Labute approximate surface area is 168 Å². The average Bonchev–Trinajstić information content (AvgIpc) is 2.61. The van der Waals surface area contributed by atoms with Crippen molar-refractivity contribution in [2.24, 2.45) is 4.99 Å². The summed E-state index contributed by atoms with van der Waals surface area (Å²) in [5.74, 6) is 0.699. The number of nitrogens with zero attached hydrogens (tertiary/aromatic N) is 2. The smallest absolute Gasteiger partial charge is 0.191 e. The van der Waals surface area contributed by atoms with E-state index < -0.39 is 9.84 Å². The molecule has 2 aromatic carbocycles. The summed E-state index contributed by atoms with van der Waals surface area (Å²) in [5.41, 5.74) is 4.26. The van der Waals surface area contributed by atoms with E-state index in [2.05, 4.69) is 52.8 Å². The van der Waals surface area contributed by atoms with Crippen molar-refractivity contribution in [2.75, 3.05) is 27.4 Å². The highest BCUT2D eigenvalue weighted by Crippen LogP contribution is 2.16. The maximum Gasteiger partial charge on any atom is 0.191 e. The summed E-state index contributed by atoms with van der Waals surface area (Å²) in [7, 11) is 2.65. The van der Waals surface area contributed by atoms with Gasteiger partial charge in [0.25, 0.3) is 0 Å². The van der Waals surface area contributed by atoms with E-state index in [-0.39, 0.29) is 0 Å². The van der Waals surface area contributed by atoms with Gasteiger partial charge in [-0.1, -0.05) is 36.4 Å². The molecule has 0 aliphatic carbocycles. The molecule has 7 heteroatoms. The Bertz CT molecular complexity index is 937. The van der Waals surface area contributed by atoms with Crippen LogP contribution >= 0.6 is 0 Å². The third-order valence-corrected chi connectivity index (χ3v) is 5.63. The highest BCUT2D eigenvalue weighted by Gasteiger charge is 2.11. The average molecular weight is 403 g/mol. The van der Waals surface area contributed by atoms with Crippen molar-refractivity contribution in [3.05, 3.63) is 64.7 Å². The van der Waals surface area contributed by atoms with Gasteiger partial charge >= 0.3 is 0 Å². The number of nitrogens with one attached hydrogen (secondary N) is 2. The van der Waals surface area contributed by atoms with Gasteiger partial charge in [0.2, 0.25) is 0 Å². The molecule has 0 atom stereocenters. The summed E-state index contributed by atoms with van der Waals surface area (Å²) >= 11 is 0. The monoisotopic (exact) mass is 402 g/mol. The molecule has 28 heavy (non-hydrogen) atoms. The van der Waals surface area contributed by atoms with Gasteiger partial charge in [-0.3, -0.25) is 4.99 Å². The number of aryl methyl sites for hydroxylation is 1. The zero-order valence-corrected chi connectivity index (χ0v) is 18.1. The molecular formula is C21H30N4O2S. The third-order valence-electron chi connectivity index (χ3n) is 4.37. The molecule has 2 N–H and O–H groups in total. The molecule has 2 aromatic rings. The van der Waals surface area contributed by atoms with Gasteiger partial charge < -0.3 is 15.5 Å². The fourth-order valence-corrected chi connectivity index (χ4v) is 4.01. The number of rotatable bonds is 7. The molecule has 152 valence electrons. The van der Waals surface area contributed by atoms with E-state index in [0.717, 1.165) is 17.7 Å². The van der Waals surface area contributed by atoms with Crippen molar-refractivity contribution in [1.29, 1.82) is 0 Å². The molecule has 0 aliphatic rings. The first-order valence-electron chi connectivity index (χ1n) is 9.16. The summed E-state index contributed by atoms with van der Waals surface area (Å²) in [5, 5.41) is 6.62. The number of aliphatic imine (C=N–C) groups is 1. The molecule has 0 fully saturated rings. The maximum atomic E-state index is 11.7. The number of hydrogen-bond donors (Lipinski definition) is 2. The largest absolute Gasteiger partial charge is 0.352 e. The van der Waals surface area contributed by atoms with E-state index in [1.165, 1.54) is 17.4 Å².